The van der Waals surface area contributed by atoms with Gasteiger partial charge in [0.1, 0.15) is 25.6 Å². The number of esters is 1. The van der Waals surface area contributed by atoms with E-state index in [1.165, 1.54) is 0 Å². The number of carbonyl (C=O) groups is 1. The lowest BCUT2D eigenvalue weighted by Gasteiger charge is -2.43. The van der Waals surface area contributed by atoms with Gasteiger partial charge in [-0.15, -0.1) is 0 Å². The van der Waals surface area contributed by atoms with Gasteiger partial charge in [0.05, 0.1) is 13.2 Å². The zero-order valence-electron chi connectivity index (χ0n) is 19.2. The standard InChI is InChI=1S/C23H32O9/c1-15(26-14-25-11-16-9-7-6-8-10-16)20(24)29-19-18-17(30-22(4,5)31-18)12-27-23(19)13-28-21(2,3)32-23/h6-10,15,17-19H,11-14H2,1-5H3/t15-,17-,18-,19+,23+/m1/s1. The van der Waals surface area contributed by atoms with E-state index in [1.54, 1.807) is 20.8 Å². The maximum atomic E-state index is 12.9. The Morgan fingerprint density at radius 3 is 2.53 bits per heavy atom. The maximum absolute atomic E-state index is 12.9. The first kappa shape index (κ1) is 23.6. The van der Waals surface area contributed by atoms with E-state index in [4.69, 9.17) is 37.9 Å². The van der Waals surface area contributed by atoms with Gasteiger partial charge in [-0.3, -0.25) is 0 Å². The van der Waals surface area contributed by atoms with Crippen molar-refractivity contribution in [3.63, 3.8) is 0 Å². The van der Waals surface area contributed by atoms with Gasteiger partial charge in [0.15, 0.2) is 23.8 Å². The van der Waals surface area contributed by atoms with E-state index < -0.39 is 47.7 Å². The fourth-order valence-electron chi connectivity index (χ4n) is 4.09. The molecule has 3 fully saturated rings. The van der Waals surface area contributed by atoms with Gasteiger partial charge in [-0.2, -0.15) is 0 Å². The van der Waals surface area contributed by atoms with Crippen molar-refractivity contribution < 1.29 is 42.7 Å². The Morgan fingerprint density at radius 2 is 1.84 bits per heavy atom. The van der Waals surface area contributed by atoms with Crippen LogP contribution in [0.1, 0.15) is 40.2 Å². The predicted octanol–water partition coefficient (Wildman–Crippen LogP) is 2.51. The van der Waals surface area contributed by atoms with Crippen LogP contribution in [0.2, 0.25) is 0 Å². The number of rotatable bonds is 7. The molecule has 3 heterocycles. The average molecular weight is 453 g/mol. The summed E-state index contributed by atoms with van der Waals surface area (Å²) in [6.07, 6.45) is -2.73. The largest absolute Gasteiger partial charge is 0.452 e. The minimum absolute atomic E-state index is 0.0528. The number of hydrogen-bond acceptors (Lipinski definition) is 9. The molecule has 1 spiro atoms. The number of benzene rings is 1. The van der Waals surface area contributed by atoms with E-state index in [1.807, 2.05) is 44.2 Å². The molecule has 0 amide bonds. The molecule has 1 aromatic carbocycles. The van der Waals surface area contributed by atoms with Gasteiger partial charge in [-0.1, -0.05) is 30.3 Å². The summed E-state index contributed by atoms with van der Waals surface area (Å²) in [5, 5.41) is 0. The summed E-state index contributed by atoms with van der Waals surface area (Å²) in [5.74, 6) is -3.59. The molecule has 0 unspecified atom stereocenters. The van der Waals surface area contributed by atoms with Gasteiger partial charge >= 0.3 is 5.97 Å². The van der Waals surface area contributed by atoms with E-state index in [9.17, 15) is 4.79 Å². The van der Waals surface area contributed by atoms with Crippen molar-refractivity contribution in [3.8, 4) is 0 Å². The second-order valence-corrected chi connectivity index (χ2v) is 9.17. The summed E-state index contributed by atoms with van der Waals surface area (Å²) < 4.78 is 46.7. The zero-order chi connectivity index (χ0) is 23.0. The highest BCUT2D eigenvalue weighted by atomic mass is 16.9. The minimum Gasteiger partial charge on any atom is -0.452 e. The van der Waals surface area contributed by atoms with Crippen molar-refractivity contribution in [2.75, 3.05) is 20.0 Å². The molecule has 0 saturated carbocycles. The molecule has 0 radical (unpaired) electrons. The smallest absolute Gasteiger partial charge is 0.335 e. The number of hydrogen-bond donors (Lipinski definition) is 0. The van der Waals surface area contributed by atoms with Crippen molar-refractivity contribution in [2.24, 2.45) is 0 Å². The third-order valence-corrected chi connectivity index (χ3v) is 5.57. The molecule has 9 nitrogen and oxygen atoms in total. The van der Waals surface area contributed by atoms with Crippen LogP contribution >= 0.6 is 0 Å². The van der Waals surface area contributed by atoms with Crippen LogP contribution in [0.25, 0.3) is 0 Å². The van der Waals surface area contributed by atoms with Gasteiger partial charge in [0.25, 0.3) is 0 Å². The van der Waals surface area contributed by atoms with Gasteiger partial charge in [-0.25, -0.2) is 4.79 Å². The fraction of sp³-hybridized carbons (Fsp3) is 0.696. The van der Waals surface area contributed by atoms with Crippen LogP contribution in [0.5, 0.6) is 0 Å². The molecule has 5 atom stereocenters. The molecule has 3 saturated heterocycles. The fourth-order valence-corrected chi connectivity index (χ4v) is 4.09. The molecule has 0 aliphatic carbocycles. The van der Waals surface area contributed by atoms with Crippen molar-refractivity contribution in [2.45, 2.75) is 83.0 Å². The molecule has 4 rings (SSSR count). The van der Waals surface area contributed by atoms with Crippen molar-refractivity contribution in [1.29, 1.82) is 0 Å². The maximum Gasteiger partial charge on any atom is 0.335 e. The van der Waals surface area contributed by atoms with Gasteiger partial charge in [0, 0.05) is 0 Å². The van der Waals surface area contributed by atoms with E-state index in [-0.39, 0.29) is 20.0 Å². The number of carbonyl (C=O) groups excluding carboxylic acids is 1. The second-order valence-electron chi connectivity index (χ2n) is 9.17. The summed E-state index contributed by atoms with van der Waals surface area (Å²) in [5.41, 5.74) is 1.01. The Kier molecular flexibility index (Phi) is 6.61. The highest BCUT2D eigenvalue weighted by Crippen LogP contribution is 2.45. The van der Waals surface area contributed by atoms with E-state index in [0.29, 0.717) is 6.61 Å². The third-order valence-electron chi connectivity index (χ3n) is 5.57. The Hall–Kier alpha value is -1.59. The van der Waals surface area contributed by atoms with Gasteiger partial charge < -0.3 is 37.9 Å². The Bertz CT molecular complexity index is 794. The van der Waals surface area contributed by atoms with Crippen LogP contribution in [0.4, 0.5) is 0 Å². The van der Waals surface area contributed by atoms with Crippen LogP contribution in [-0.2, 0) is 49.3 Å². The Morgan fingerprint density at radius 1 is 1.09 bits per heavy atom. The molecule has 178 valence electrons. The van der Waals surface area contributed by atoms with Crippen LogP contribution in [-0.4, -0.2) is 67.8 Å². The highest BCUT2D eigenvalue weighted by Gasteiger charge is 2.64. The van der Waals surface area contributed by atoms with Gasteiger partial charge in [-0.05, 0) is 40.2 Å². The second kappa shape index (κ2) is 8.98. The van der Waals surface area contributed by atoms with Crippen molar-refractivity contribution >= 4 is 5.97 Å². The summed E-state index contributed by atoms with van der Waals surface area (Å²) in [7, 11) is 0. The molecule has 0 bridgehead atoms. The Balaban J connectivity index is 1.38. The summed E-state index contributed by atoms with van der Waals surface area (Å²) in [6.45, 7) is 9.44. The van der Waals surface area contributed by atoms with Crippen LogP contribution in [0.3, 0.4) is 0 Å². The lowest BCUT2D eigenvalue weighted by molar-refractivity contribution is -0.329. The molecule has 0 aromatic heterocycles. The number of fused-ring (bicyclic) bond motifs is 1. The molecule has 3 aliphatic rings. The first-order chi connectivity index (χ1) is 15.1. The van der Waals surface area contributed by atoms with E-state index in [0.717, 1.165) is 5.56 Å². The lowest BCUT2D eigenvalue weighted by Crippen LogP contribution is -2.63. The topological polar surface area (TPSA) is 90.9 Å². The Labute approximate surface area is 188 Å². The first-order valence-electron chi connectivity index (χ1n) is 10.9. The molecule has 32 heavy (non-hydrogen) atoms. The monoisotopic (exact) mass is 452 g/mol. The van der Waals surface area contributed by atoms with Crippen LogP contribution in [0, 0.1) is 0 Å². The lowest BCUT2D eigenvalue weighted by atomic mass is 9.97. The average Bonchev–Trinajstić information content (AvgIpc) is 3.23. The quantitative estimate of drug-likeness (QED) is 0.352. The third kappa shape index (κ3) is 5.14. The molecule has 3 aliphatic heterocycles. The molecular formula is C23H32O9. The molecule has 0 N–H and O–H groups in total. The van der Waals surface area contributed by atoms with Crippen molar-refractivity contribution in [3.05, 3.63) is 35.9 Å². The van der Waals surface area contributed by atoms with Crippen LogP contribution < -0.4 is 0 Å². The van der Waals surface area contributed by atoms with Crippen molar-refractivity contribution in [1.82, 2.24) is 0 Å². The SMILES string of the molecule is C[C@@H](OCOCc1ccccc1)C(=O)O[C@H]1[C@@H]2OC(C)(C)O[C@@H]2CO[C@]12COC(C)(C)O2. The van der Waals surface area contributed by atoms with E-state index >= 15 is 0 Å². The normalized spacial score (nSPS) is 33.7. The summed E-state index contributed by atoms with van der Waals surface area (Å²) in [4.78, 5) is 12.9. The van der Waals surface area contributed by atoms with Crippen LogP contribution in [0.15, 0.2) is 30.3 Å². The van der Waals surface area contributed by atoms with E-state index in [2.05, 4.69) is 0 Å². The van der Waals surface area contributed by atoms with Gasteiger partial charge in [0.2, 0.25) is 5.79 Å². The first-order valence-corrected chi connectivity index (χ1v) is 10.9. The summed E-state index contributed by atoms with van der Waals surface area (Å²) >= 11 is 0. The summed E-state index contributed by atoms with van der Waals surface area (Å²) in [6, 6.07) is 9.70. The molecular weight excluding hydrogens is 420 g/mol. The number of ether oxygens (including phenoxy) is 8. The predicted molar refractivity (Wildman–Crippen MR) is 110 cm³/mol. The highest BCUT2D eigenvalue weighted by molar-refractivity contribution is 5.74. The molecule has 9 heteroatoms. The zero-order valence-corrected chi connectivity index (χ0v) is 19.2. The molecule has 1 aromatic rings. The minimum atomic E-state index is -1.28.